The van der Waals surface area contributed by atoms with Crippen LogP contribution in [0.4, 0.5) is 0 Å². The molecule has 1 atom stereocenters. The summed E-state index contributed by atoms with van der Waals surface area (Å²) < 4.78 is 0. The van der Waals surface area contributed by atoms with Gasteiger partial charge in [0.1, 0.15) is 0 Å². The fourth-order valence-electron chi connectivity index (χ4n) is 1.44. The largest absolute Gasteiger partial charge is 0.342 e. The van der Waals surface area contributed by atoms with Crippen LogP contribution in [0.15, 0.2) is 0 Å². The van der Waals surface area contributed by atoms with E-state index in [9.17, 15) is 4.79 Å². The zero-order valence-electron chi connectivity index (χ0n) is 5.84. The Bertz CT molecular complexity index is 103. The molecule has 0 bridgehead atoms. The van der Waals surface area contributed by atoms with Gasteiger partial charge in [-0.1, -0.05) is 6.92 Å². The molecule has 1 fully saturated rings. The lowest BCUT2D eigenvalue weighted by Crippen LogP contribution is -2.26. The van der Waals surface area contributed by atoms with E-state index in [-0.39, 0.29) is 0 Å². The molecule has 0 saturated carbocycles. The Morgan fingerprint density at radius 3 is 3.00 bits per heavy atom. The van der Waals surface area contributed by atoms with Gasteiger partial charge in [-0.2, -0.15) is 0 Å². The Labute approximate surface area is 55.8 Å². The lowest BCUT2D eigenvalue weighted by atomic mass is 10.2. The predicted octanol–water partition coefficient (Wildman–Crippen LogP) is 1.02. The molecule has 0 aromatic carbocycles. The molecule has 1 aliphatic rings. The number of hydrogen-bond acceptors (Lipinski definition) is 1. The molecule has 0 aliphatic carbocycles. The van der Waals surface area contributed by atoms with E-state index in [4.69, 9.17) is 0 Å². The van der Waals surface area contributed by atoms with Gasteiger partial charge >= 0.3 is 0 Å². The third-order valence-corrected chi connectivity index (χ3v) is 2.03. The van der Waals surface area contributed by atoms with E-state index in [1.165, 1.54) is 12.8 Å². The van der Waals surface area contributed by atoms with E-state index in [2.05, 4.69) is 6.92 Å². The Balaban J connectivity index is 2.41. The fourth-order valence-corrected chi connectivity index (χ4v) is 1.44. The highest BCUT2D eigenvalue weighted by molar-refractivity contribution is 5.48. The Kier molecular flexibility index (Phi) is 2.09. The van der Waals surface area contributed by atoms with Crippen molar-refractivity contribution in [3.8, 4) is 0 Å². The number of nitrogens with zero attached hydrogens (tertiary/aromatic N) is 1. The lowest BCUT2D eigenvalue weighted by molar-refractivity contribution is -0.118. The van der Waals surface area contributed by atoms with Crippen LogP contribution in [0.25, 0.3) is 0 Å². The van der Waals surface area contributed by atoms with E-state index >= 15 is 0 Å². The minimum absolute atomic E-state index is 0.544. The predicted molar refractivity (Wildman–Crippen MR) is 36.1 cm³/mol. The van der Waals surface area contributed by atoms with Crippen molar-refractivity contribution in [3.63, 3.8) is 0 Å². The summed E-state index contributed by atoms with van der Waals surface area (Å²) in [4.78, 5) is 12.2. The van der Waals surface area contributed by atoms with Gasteiger partial charge in [-0.05, 0) is 19.3 Å². The average Bonchev–Trinajstić information content (AvgIpc) is 2.33. The summed E-state index contributed by atoms with van der Waals surface area (Å²) in [6, 6.07) is 0.544. The highest BCUT2D eigenvalue weighted by Crippen LogP contribution is 2.16. The van der Waals surface area contributed by atoms with Crippen molar-refractivity contribution in [3.05, 3.63) is 0 Å². The van der Waals surface area contributed by atoms with Crippen molar-refractivity contribution in [2.75, 3.05) is 6.54 Å². The van der Waals surface area contributed by atoms with Crippen LogP contribution in [-0.2, 0) is 4.79 Å². The first-order valence-corrected chi connectivity index (χ1v) is 3.59. The second kappa shape index (κ2) is 2.85. The molecule has 1 amide bonds. The zero-order chi connectivity index (χ0) is 6.69. The van der Waals surface area contributed by atoms with E-state index in [1.54, 1.807) is 0 Å². The standard InChI is InChI=1S/C7H13NO/c1-2-7-4-3-5-8(7)6-9/h6-7H,2-5H2,1H3. The van der Waals surface area contributed by atoms with Crippen molar-refractivity contribution in [2.45, 2.75) is 32.2 Å². The van der Waals surface area contributed by atoms with Crippen molar-refractivity contribution >= 4 is 6.41 Å². The van der Waals surface area contributed by atoms with Crippen molar-refractivity contribution in [2.24, 2.45) is 0 Å². The lowest BCUT2D eigenvalue weighted by Gasteiger charge is -2.16. The van der Waals surface area contributed by atoms with Crippen molar-refractivity contribution in [1.82, 2.24) is 4.90 Å². The van der Waals surface area contributed by atoms with Crippen LogP contribution in [0.2, 0.25) is 0 Å². The molecule has 0 aromatic rings. The first-order valence-electron chi connectivity index (χ1n) is 3.59. The Morgan fingerprint density at radius 1 is 1.78 bits per heavy atom. The minimum atomic E-state index is 0.544. The minimum Gasteiger partial charge on any atom is -0.342 e. The number of carbonyl (C=O) groups is 1. The number of amides is 1. The Hall–Kier alpha value is -0.530. The summed E-state index contributed by atoms with van der Waals surface area (Å²) in [6.45, 7) is 3.11. The van der Waals surface area contributed by atoms with Gasteiger partial charge in [-0.3, -0.25) is 4.79 Å². The van der Waals surface area contributed by atoms with Crippen LogP contribution < -0.4 is 0 Å². The monoisotopic (exact) mass is 127 g/mol. The van der Waals surface area contributed by atoms with Gasteiger partial charge in [0.15, 0.2) is 0 Å². The van der Waals surface area contributed by atoms with E-state index < -0.39 is 0 Å². The molecule has 1 rings (SSSR count). The summed E-state index contributed by atoms with van der Waals surface area (Å²) in [5, 5.41) is 0. The molecule has 0 N–H and O–H groups in total. The highest BCUT2D eigenvalue weighted by Gasteiger charge is 2.20. The van der Waals surface area contributed by atoms with Crippen molar-refractivity contribution < 1.29 is 4.79 Å². The van der Waals surface area contributed by atoms with Gasteiger partial charge in [-0.25, -0.2) is 0 Å². The normalized spacial score (nSPS) is 26.8. The smallest absolute Gasteiger partial charge is 0.209 e. The molecular weight excluding hydrogens is 114 g/mol. The Morgan fingerprint density at radius 2 is 2.56 bits per heavy atom. The molecule has 52 valence electrons. The molecule has 2 heteroatoms. The van der Waals surface area contributed by atoms with Gasteiger partial charge in [0.05, 0.1) is 0 Å². The summed E-state index contributed by atoms with van der Waals surface area (Å²) in [5.74, 6) is 0. The van der Waals surface area contributed by atoms with E-state index in [0.717, 1.165) is 19.4 Å². The highest BCUT2D eigenvalue weighted by atomic mass is 16.1. The topological polar surface area (TPSA) is 20.3 Å². The van der Waals surface area contributed by atoms with Gasteiger partial charge in [-0.15, -0.1) is 0 Å². The summed E-state index contributed by atoms with van der Waals surface area (Å²) in [7, 11) is 0. The summed E-state index contributed by atoms with van der Waals surface area (Å²) in [5.41, 5.74) is 0. The maximum atomic E-state index is 10.3. The second-order valence-corrected chi connectivity index (χ2v) is 2.55. The fraction of sp³-hybridized carbons (Fsp3) is 0.857. The molecule has 0 radical (unpaired) electrons. The number of carbonyl (C=O) groups excluding carboxylic acids is 1. The van der Waals surface area contributed by atoms with Gasteiger partial charge in [0, 0.05) is 12.6 Å². The molecule has 1 unspecified atom stereocenters. The van der Waals surface area contributed by atoms with E-state index in [0.29, 0.717) is 6.04 Å². The van der Waals surface area contributed by atoms with Gasteiger partial charge < -0.3 is 4.90 Å². The zero-order valence-corrected chi connectivity index (χ0v) is 5.84. The maximum Gasteiger partial charge on any atom is 0.209 e. The number of hydrogen-bond donors (Lipinski definition) is 0. The first kappa shape index (κ1) is 6.59. The van der Waals surface area contributed by atoms with Crippen LogP contribution in [0.5, 0.6) is 0 Å². The molecule has 9 heavy (non-hydrogen) atoms. The van der Waals surface area contributed by atoms with Gasteiger partial charge in [0.25, 0.3) is 0 Å². The first-order chi connectivity index (χ1) is 4.38. The van der Waals surface area contributed by atoms with E-state index in [1.807, 2.05) is 4.90 Å². The maximum absolute atomic E-state index is 10.3. The second-order valence-electron chi connectivity index (χ2n) is 2.55. The number of likely N-dealkylation sites (tertiary alicyclic amines) is 1. The van der Waals surface area contributed by atoms with Gasteiger partial charge in [0.2, 0.25) is 6.41 Å². The summed E-state index contributed by atoms with van der Waals surface area (Å²) in [6.07, 6.45) is 4.48. The SMILES string of the molecule is CCC1CCCN1C=O. The summed E-state index contributed by atoms with van der Waals surface area (Å²) >= 11 is 0. The van der Waals surface area contributed by atoms with Crippen LogP contribution >= 0.6 is 0 Å². The molecule has 1 aliphatic heterocycles. The molecule has 0 aromatic heterocycles. The molecule has 2 nitrogen and oxygen atoms in total. The van der Waals surface area contributed by atoms with Crippen LogP contribution in [-0.4, -0.2) is 23.9 Å². The van der Waals surface area contributed by atoms with Crippen molar-refractivity contribution in [1.29, 1.82) is 0 Å². The third kappa shape index (κ3) is 1.23. The molecular formula is C7H13NO. The van der Waals surface area contributed by atoms with Crippen LogP contribution in [0, 0.1) is 0 Å². The van der Waals surface area contributed by atoms with Crippen LogP contribution in [0.3, 0.4) is 0 Å². The molecule has 1 heterocycles. The van der Waals surface area contributed by atoms with Crippen LogP contribution in [0.1, 0.15) is 26.2 Å². The molecule has 1 saturated heterocycles. The quantitative estimate of drug-likeness (QED) is 0.507. The third-order valence-electron chi connectivity index (χ3n) is 2.03. The number of rotatable bonds is 2. The molecule has 0 spiro atoms. The average molecular weight is 127 g/mol.